The maximum Gasteiger partial charge on any atom is 0.433 e. The van der Waals surface area contributed by atoms with Gasteiger partial charge in [0.05, 0.1) is 11.4 Å². The van der Waals surface area contributed by atoms with Gasteiger partial charge < -0.3 is 9.42 Å². The molecule has 0 spiro atoms. The first kappa shape index (κ1) is 22.3. The predicted octanol–water partition coefficient (Wildman–Crippen LogP) is 4.75. The monoisotopic (exact) mass is 449 g/mol. The molecule has 1 fully saturated rings. The van der Waals surface area contributed by atoms with Gasteiger partial charge in [0, 0.05) is 37.2 Å². The normalized spacial score (nSPS) is 15.8. The first-order valence-corrected chi connectivity index (χ1v) is 10.8. The molecule has 1 saturated heterocycles. The maximum atomic E-state index is 13.6. The highest BCUT2D eigenvalue weighted by Crippen LogP contribution is 2.34. The molecule has 4 heterocycles. The molecule has 32 heavy (non-hydrogen) atoms. The van der Waals surface area contributed by atoms with Crippen molar-refractivity contribution in [1.82, 2.24) is 24.7 Å². The zero-order valence-electron chi connectivity index (χ0n) is 18.5. The van der Waals surface area contributed by atoms with Gasteiger partial charge in [-0.2, -0.15) is 18.3 Å². The number of fused-ring (bicyclic) bond motifs is 1. The van der Waals surface area contributed by atoms with Crippen LogP contribution in [-0.4, -0.2) is 43.7 Å². The Bertz CT molecular complexity index is 1140. The summed E-state index contributed by atoms with van der Waals surface area (Å²) in [5.74, 6) is 0.277. The first-order chi connectivity index (χ1) is 15.1. The number of piperidine rings is 1. The van der Waals surface area contributed by atoms with Gasteiger partial charge in [-0.25, -0.2) is 9.50 Å². The zero-order valence-corrected chi connectivity index (χ0v) is 18.5. The minimum absolute atomic E-state index is 0.0430. The molecule has 0 aromatic carbocycles. The highest BCUT2D eigenvalue weighted by atomic mass is 19.4. The molecule has 0 atom stereocenters. The molecule has 10 heteroatoms. The van der Waals surface area contributed by atoms with Crippen molar-refractivity contribution >= 4 is 11.6 Å². The van der Waals surface area contributed by atoms with Crippen LogP contribution in [0.5, 0.6) is 0 Å². The Kier molecular flexibility index (Phi) is 5.72. The van der Waals surface area contributed by atoms with Crippen LogP contribution in [0.3, 0.4) is 0 Å². The van der Waals surface area contributed by atoms with E-state index in [2.05, 4.69) is 15.2 Å². The van der Waals surface area contributed by atoms with Crippen LogP contribution in [0.15, 0.2) is 16.7 Å². The molecule has 1 aliphatic heterocycles. The third-order valence-corrected chi connectivity index (χ3v) is 6.02. The van der Waals surface area contributed by atoms with Gasteiger partial charge in [0.25, 0.3) is 5.91 Å². The number of alkyl halides is 3. The van der Waals surface area contributed by atoms with Gasteiger partial charge in [-0.3, -0.25) is 4.79 Å². The van der Waals surface area contributed by atoms with Crippen molar-refractivity contribution in [3.05, 3.63) is 46.2 Å². The Morgan fingerprint density at radius 3 is 2.53 bits per heavy atom. The summed E-state index contributed by atoms with van der Waals surface area (Å²) in [6.45, 7) is 8.24. The lowest BCUT2D eigenvalue weighted by Crippen LogP contribution is -2.38. The molecule has 3 aromatic rings. The molecular weight excluding hydrogens is 423 g/mol. The van der Waals surface area contributed by atoms with Crippen LogP contribution < -0.4 is 0 Å². The highest BCUT2D eigenvalue weighted by molar-refractivity contribution is 5.96. The summed E-state index contributed by atoms with van der Waals surface area (Å²) in [5.41, 5.74) is 1.42. The molecule has 0 bridgehead atoms. The summed E-state index contributed by atoms with van der Waals surface area (Å²) >= 11 is 0. The van der Waals surface area contributed by atoms with Crippen LogP contribution in [0.2, 0.25) is 0 Å². The lowest BCUT2D eigenvalue weighted by atomic mass is 9.93. The van der Waals surface area contributed by atoms with Crippen LogP contribution in [0.4, 0.5) is 13.2 Å². The lowest BCUT2D eigenvalue weighted by molar-refractivity contribution is -0.142. The summed E-state index contributed by atoms with van der Waals surface area (Å²) in [6.07, 6.45) is -2.73. The van der Waals surface area contributed by atoms with E-state index < -0.39 is 11.9 Å². The average Bonchev–Trinajstić information content (AvgIpc) is 3.34. The van der Waals surface area contributed by atoms with Crippen molar-refractivity contribution in [2.75, 3.05) is 13.1 Å². The first-order valence-electron chi connectivity index (χ1n) is 10.8. The largest absolute Gasteiger partial charge is 0.433 e. The van der Waals surface area contributed by atoms with Crippen molar-refractivity contribution < 1.29 is 22.5 Å². The molecule has 1 amide bonds. The molecule has 3 aromatic heterocycles. The van der Waals surface area contributed by atoms with Crippen LogP contribution >= 0.6 is 0 Å². The summed E-state index contributed by atoms with van der Waals surface area (Å²) in [4.78, 5) is 19.1. The number of nitrogens with zero attached hydrogens (tertiary/aromatic N) is 5. The molecule has 0 saturated carbocycles. The molecule has 0 unspecified atom stereocenters. The lowest BCUT2D eigenvalue weighted by Gasteiger charge is -2.31. The second-order valence-electron chi connectivity index (χ2n) is 8.54. The molecule has 0 aliphatic carbocycles. The number of aryl methyl sites for hydroxylation is 2. The molecule has 7 nitrogen and oxygen atoms in total. The van der Waals surface area contributed by atoms with Crippen LogP contribution in [0.1, 0.15) is 84.3 Å². The van der Waals surface area contributed by atoms with Gasteiger partial charge in [0.2, 0.25) is 0 Å². The Labute approximate surface area is 183 Å². The SMILES string of the molecule is CCc1onc(C)c1C(=O)N1CCC(c2cc3nc(C(C)C)cc(C(F)(F)F)n3n2)CC1. The van der Waals surface area contributed by atoms with E-state index in [-0.39, 0.29) is 23.4 Å². The van der Waals surface area contributed by atoms with Crippen molar-refractivity contribution in [2.45, 2.75) is 65.0 Å². The Balaban J connectivity index is 1.56. The van der Waals surface area contributed by atoms with Gasteiger partial charge in [-0.15, -0.1) is 0 Å². The van der Waals surface area contributed by atoms with Crippen molar-refractivity contribution in [3.8, 4) is 0 Å². The van der Waals surface area contributed by atoms with Crippen molar-refractivity contribution in [3.63, 3.8) is 0 Å². The van der Waals surface area contributed by atoms with E-state index >= 15 is 0 Å². The third-order valence-electron chi connectivity index (χ3n) is 6.02. The third kappa shape index (κ3) is 3.98. The number of carbonyl (C=O) groups is 1. The van der Waals surface area contributed by atoms with Crippen LogP contribution in [0, 0.1) is 6.92 Å². The van der Waals surface area contributed by atoms with E-state index in [1.807, 2.05) is 20.8 Å². The van der Waals surface area contributed by atoms with E-state index in [0.29, 0.717) is 60.8 Å². The summed E-state index contributed by atoms with van der Waals surface area (Å²) in [5, 5.41) is 8.17. The van der Waals surface area contributed by atoms with Gasteiger partial charge in [0.1, 0.15) is 17.0 Å². The number of halogens is 3. The minimum Gasteiger partial charge on any atom is -0.360 e. The Morgan fingerprint density at radius 2 is 1.94 bits per heavy atom. The van der Waals surface area contributed by atoms with Gasteiger partial charge in [-0.1, -0.05) is 25.9 Å². The van der Waals surface area contributed by atoms with E-state index in [1.165, 1.54) is 0 Å². The quantitative estimate of drug-likeness (QED) is 0.575. The number of amides is 1. The van der Waals surface area contributed by atoms with E-state index in [9.17, 15) is 18.0 Å². The fourth-order valence-corrected chi connectivity index (χ4v) is 4.18. The number of carbonyl (C=O) groups excluding carboxylic acids is 1. The van der Waals surface area contributed by atoms with E-state index in [1.54, 1.807) is 17.9 Å². The van der Waals surface area contributed by atoms with Gasteiger partial charge in [0.15, 0.2) is 5.65 Å². The van der Waals surface area contributed by atoms with Crippen molar-refractivity contribution in [1.29, 1.82) is 0 Å². The number of hydrogen-bond acceptors (Lipinski definition) is 5. The van der Waals surface area contributed by atoms with Crippen molar-refractivity contribution in [2.24, 2.45) is 0 Å². The molecule has 172 valence electrons. The summed E-state index contributed by atoms with van der Waals surface area (Å²) in [6, 6.07) is 2.71. The van der Waals surface area contributed by atoms with Crippen LogP contribution in [0.25, 0.3) is 5.65 Å². The number of rotatable bonds is 4. The fourth-order valence-electron chi connectivity index (χ4n) is 4.18. The number of likely N-dealkylation sites (tertiary alicyclic amines) is 1. The standard InChI is InChI=1S/C22H26F3N5O2/c1-5-17-20(13(4)28-32-17)21(31)29-8-6-14(7-9-29)16-11-19-26-15(12(2)3)10-18(22(23,24)25)30(19)27-16/h10-12,14H,5-9H2,1-4H3. The Morgan fingerprint density at radius 1 is 1.25 bits per heavy atom. The smallest absolute Gasteiger partial charge is 0.360 e. The molecular formula is C22H26F3N5O2. The van der Waals surface area contributed by atoms with Crippen LogP contribution in [-0.2, 0) is 12.6 Å². The fraction of sp³-hybridized carbons (Fsp3) is 0.545. The maximum absolute atomic E-state index is 13.6. The van der Waals surface area contributed by atoms with E-state index in [4.69, 9.17) is 4.52 Å². The molecule has 4 rings (SSSR count). The van der Waals surface area contributed by atoms with Gasteiger partial charge >= 0.3 is 6.18 Å². The zero-order chi connectivity index (χ0) is 23.2. The Hall–Kier alpha value is -2.91. The van der Waals surface area contributed by atoms with Gasteiger partial charge in [-0.05, 0) is 31.7 Å². The summed E-state index contributed by atoms with van der Waals surface area (Å²) in [7, 11) is 0. The predicted molar refractivity (Wildman–Crippen MR) is 111 cm³/mol. The minimum atomic E-state index is -4.53. The van der Waals surface area contributed by atoms with E-state index in [0.717, 1.165) is 10.6 Å². The number of aromatic nitrogens is 4. The molecule has 1 aliphatic rings. The number of hydrogen-bond donors (Lipinski definition) is 0. The summed E-state index contributed by atoms with van der Waals surface area (Å²) < 4.78 is 47.0. The second kappa shape index (κ2) is 8.22. The topological polar surface area (TPSA) is 76.5 Å². The average molecular weight is 449 g/mol. The highest BCUT2D eigenvalue weighted by Gasteiger charge is 2.36. The molecule has 0 N–H and O–H groups in total. The second-order valence-corrected chi connectivity index (χ2v) is 8.54. The molecule has 0 radical (unpaired) electrons.